The van der Waals surface area contributed by atoms with E-state index < -0.39 is 0 Å². The van der Waals surface area contributed by atoms with Gasteiger partial charge in [0.25, 0.3) is 0 Å². The summed E-state index contributed by atoms with van der Waals surface area (Å²) >= 11 is 0. The highest BCUT2D eigenvalue weighted by Gasteiger charge is 2.18. The van der Waals surface area contributed by atoms with E-state index in [0.29, 0.717) is 23.9 Å². The molecule has 214 valence electrons. The number of carbonyl (C=O) groups excluding carboxylic acids is 1. The molecular weight excluding hydrogens is 524 g/mol. The zero-order valence-corrected chi connectivity index (χ0v) is 24.7. The van der Waals surface area contributed by atoms with Crippen molar-refractivity contribution in [3.8, 4) is 23.0 Å². The number of aryl methyl sites for hydroxylation is 3. The predicted octanol–water partition coefficient (Wildman–Crippen LogP) is 5.61. The van der Waals surface area contributed by atoms with Crippen LogP contribution in [0.15, 0.2) is 73.2 Å². The molecule has 4 heterocycles. The van der Waals surface area contributed by atoms with Crippen LogP contribution in [0.4, 0.5) is 0 Å². The van der Waals surface area contributed by atoms with E-state index in [0.717, 1.165) is 71.6 Å². The number of benzene rings is 2. The number of Topliss-reactive ketones (excluding diaryl/α,β-unsaturated/α-hetero) is 1. The van der Waals surface area contributed by atoms with Gasteiger partial charge in [-0.25, -0.2) is 4.98 Å². The number of ether oxygens (including phenoxy) is 1. The Bertz CT molecular complexity index is 1740. The molecular formula is C34H36N6O2. The van der Waals surface area contributed by atoms with E-state index in [2.05, 4.69) is 34.8 Å². The lowest BCUT2D eigenvalue weighted by Crippen LogP contribution is -2.43. The van der Waals surface area contributed by atoms with Gasteiger partial charge in [-0.2, -0.15) is 4.98 Å². The standard InChI is InChI=1S/C34H36N6O2/c1-23-5-6-25(20-30(41)27-7-8-28(24(2)19-27)22-40-17-15-38(3)16-18-40)21-31(23)42-34-32-29(11-14-39(32)4)36-33(37-34)26-9-12-35-13-10-26/h5-14,19,21H,15-18,20,22H2,1-4H3. The number of fused-ring (bicyclic) bond motifs is 1. The highest BCUT2D eigenvalue weighted by Crippen LogP contribution is 2.32. The number of aromatic nitrogens is 4. The fraction of sp³-hybridized carbons (Fsp3) is 0.294. The van der Waals surface area contributed by atoms with Crippen molar-refractivity contribution in [2.75, 3.05) is 33.2 Å². The quantitative estimate of drug-likeness (QED) is 0.228. The lowest BCUT2D eigenvalue weighted by molar-refractivity contribution is 0.0993. The van der Waals surface area contributed by atoms with Crippen molar-refractivity contribution in [1.29, 1.82) is 0 Å². The van der Waals surface area contributed by atoms with Gasteiger partial charge in [-0.3, -0.25) is 14.7 Å². The molecule has 0 spiro atoms. The molecule has 0 unspecified atom stereocenters. The lowest BCUT2D eigenvalue weighted by atomic mass is 9.98. The van der Waals surface area contributed by atoms with E-state index in [1.165, 1.54) is 5.56 Å². The molecule has 3 aromatic heterocycles. The number of ketones is 1. The van der Waals surface area contributed by atoms with Crippen LogP contribution in [0.3, 0.4) is 0 Å². The third kappa shape index (κ3) is 5.95. The van der Waals surface area contributed by atoms with Crippen LogP contribution in [-0.2, 0) is 20.0 Å². The van der Waals surface area contributed by atoms with E-state index in [4.69, 9.17) is 14.7 Å². The summed E-state index contributed by atoms with van der Waals surface area (Å²) in [5, 5.41) is 0. The lowest BCUT2D eigenvalue weighted by Gasteiger charge is -2.32. The van der Waals surface area contributed by atoms with Gasteiger partial charge in [-0.15, -0.1) is 0 Å². The summed E-state index contributed by atoms with van der Waals surface area (Å²) in [6, 6.07) is 17.8. The molecule has 2 aromatic carbocycles. The second-order valence-corrected chi connectivity index (χ2v) is 11.3. The second kappa shape index (κ2) is 11.8. The highest BCUT2D eigenvalue weighted by atomic mass is 16.5. The monoisotopic (exact) mass is 560 g/mol. The topological polar surface area (TPSA) is 76.4 Å². The highest BCUT2D eigenvalue weighted by molar-refractivity contribution is 5.97. The van der Waals surface area contributed by atoms with E-state index in [1.54, 1.807) is 12.4 Å². The van der Waals surface area contributed by atoms with Gasteiger partial charge in [0.15, 0.2) is 11.6 Å². The van der Waals surface area contributed by atoms with Crippen LogP contribution in [-0.4, -0.2) is 68.3 Å². The first-order chi connectivity index (χ1) is 20.3. The summed E-state index contributed by atoms with van der Waals surface area (Å²) in [5.74, 6) is 1.80. The second-order valence-electron chi connectivity index (χ2n) is 11.3. The molecule has 0 radical (unpaired) electrons. The van der Waals surface area contributed by atoms with Gasteiger partial charge in [-0.05, 0) is 73.5 Å². The molecule has 1 aliphatic heterocycles. The Kier molecular flexibility index (Phi) is 7.82. The molecule has 5 aromatic rings. The van der Waals surface area contributed by atoms with Crippen molar-refractivity contribution in [1.82, 2.24) is 29.3 Å². The molecule has 0 aliphatic carbocycles. The Morgan fingerprint density at radius 1 is 0.881 bits per heavy atom. The predicted molar refractivity (Wildman–Crippen MR) is 165 cm³/mol. The summed E-state index contributed by atoms with van der Waals surface area (Å²) in [6.07, 6.45) is 5.69. The smallest absolute Gasteiger partial charge is 0.247 e. The number of carbonyl (C=O) groups is 1. The molecule has 42 heavy (non-hydrogen) atoms. The molecule has 6 rings (SSSR count). The normalized spacial score (nSPS) is 14.4. The fourth-order valence-electron chi connectivity index (χ4n) is 5.41. The van der Waals surface area contributed by atoms with Crippen LogP contribution in [0.1, 0.15) is 32.6 Å². The minimum Gasteiger partial charge on any atom is -0.437 e. The molecule has 1 saturated heterocycles. The van der Waals surface area contributed by atoms with Crippen molar-refractivity contribution < 1.29 is 9.53 Å². The number of likely N-dealkylation sites (N-methyl/N-ethyl adjacent to an activating group) is 1. The number of hydrogen-bond acceptors (Lipinski definition) is 7. The minimum absolute atomic E-state index is 0.0888. The molecule has 0 N–H and O–H groups in total. The summed E-state index contributed by atoms with van der Waals surface area (Å²) in [4.78, 5) is 31.8. The van der Waals surface area contributed by atoms with Crippen molar-refractivity contribution in [2.24, 2.45) is 7.05 Å². The van der Waals surface area contributed by atoms with Crippen molar-refractivity contribution >= 4 is 16.8 Å². The molecule has 8 nitrogen and oxygen atoms in total. The number of rotatable bonds is 8. The first-order valence-electron chi connectivity index (χ1n) is 14.4. The summed E-state index contributed by atoms with van der Waals surface area (Å²) in [5.41, 5.74) is 7.50. The number of hydrogen-bond donors (Lipinski definition) is 0. The summed E-state index contributed by atoms with van der Waals surface area (Å²) in [7, 11) is 4.12. The first kappa shape index (κ1) is 27.8. The molecule has 0 atom stereocenters. The van der Waals surface area contributed by atoms with E-state index in [1.807, 2.05) is 73.3 Å². The average molecular weight is 561 g/mol. The molecule has 8 heteroatoms. The van der Waals surface area contributed by atoms with Gasteiger partial charge in [0.05, 0.1) is 5.52 Å². The molecule has 0 bridgehead atoms. The van der Waals surface area contributed by atoms with Crippen LogP contribution < -0.4 is 4.74 Å². The van der Waals surface area contributed by atoms with E-state index in [-0.39, 0.29) is 5.78 Å². The van der Waals surface area contributed by atoms with Crippen molar-refractivity contribution in [2.45, 2.75) is 26.8 Å². The van der Waals surface area contributed by atoms with Gasteiger partial charge < -0.3 is 14.2 Å². The van der Waals surface area contributed by atoms with Gasteiger partial charge in [0.1, 0.15) is 11.3 Å². The molecule has 1 aliphatic rings. The maximum absolute atomic E-state index is 13.4. The van der Waals surface area contributed by atoms with E-state index >= 15 is 0 Å². The Morgan fingerprint density at radius 2 is 1.67 bits per heavy atom. The third-order valence-electron chi connectivity index (χ3n) is 8.10. The van der Waals surface area contributed by atoms with E-state index in [9.17, 15) is 4.79 Å². The Hall–Kier alpha value is -4.40. The zero-order valence-electron chi connectivity index (χ0n) is 24.7. The third-order valence-corrected chi connectivity index (χ3v) is 8.10. The van der Waals surface area contributed by atoms with Crippen LogP contribution in [0.2, 0.25) is 0 Å². The van der Waals surface area contributed by atoms with Crippen molar-refractivity contribution in [3.05, 3.63) is 101 Å². The van der Waals surface area contributed by atoms with Crippen LogP contribution >= 0.6 is 0 Å². The van der Waals surface area contributed by atoms with Crippen molar-refractivity contribution in [3.63, 3.8) is 0 Å². The summed E-state index contributed by atoms with van der Waals surface area (Å²) in [6.45, 7) is 9.36. The number of nitrogens with zero attached hydrogens (tertiary/aromatic N) is 6. The van der Waals surface area contributed by atoms with Crippen LogP contribution in [0, 0.1) is 13.8 Å². The average Bonchev–Trinajstić information content (AvgIpc) is 3.38. The summed E-state index contributed by atoms with van der Waals surface area (Å²) < 4.78 is 8.42. The molecule has 0 amide bonds. The maximum Gasteiger partial charge on any atom is 0.247 e. The fourth-order valence-corrected chi connectivity index (χ4v) is 5.41. The van der Waals surface area contributed by atoms with Gasteiger partial charge in [-0.1, -0.05) is 24.3 Å². The largest absolute Gasteiger partial charge is 0.437 e. The minimum atomic E-state index is 0.0888. The van der Waals surface area contributed by atoms with Crippen LogP contribution in [0.25, 0.3) is 22.4 Å². The maximum atomic E-state index is 13.4. The number of pyridine rings is 1. The van der Waals surface area contributed by atoms with Gasteiger partial charge >= 0.3 is 0 Å². The van der Waals surface area contributed by atoms with Gasteiger partial charge in [0.2, 0.25) is 5.88 Å². The van der Waals surface area contributed by atoms with Gasteiger partial charge in [0, 0.05) is 75.9 Å². The molecule has 1 fully saturated rings. The molecule has 0 saturated carbocycles. The SMILES string of the molecule is Cc1cc(C(=O)Cc2ccc(C)c(Oc3nc(-c4ccncc4)nc4ccn(C)c34)c2)ccc1CN1CCN(C)CC1. The Balaban J connectivity index is 1.21. The first-order valence-corrected chi connectivity index (χ1v) is 14.4. The van der Waals surface area contributed by atoms with Crippen LogP contribution in [0.5, 0.6) is 11.6 Å². The zero-order chi connectivity index (χ0) is 29.2. The Labute approximate surface area is 246 Å². The Morgan fingerprint density at radius 3 is 2.43 bits per heavy atom. The number of piperazine rings is 1.